The smallest absolute Gasteiger partial charge is 0.338 e. The summed E-state index contributed by atoms with van der Waals surface area (Å²) >= 11 is 1.38. The lowest BCUT2D eigenvalue weighted by atomic mass is 9.85. The first-order valence-corrected chi connectivity index (χ1v) is 13.4. The van der Waals surface area contributed by atoms with E-state index in [0.717, 1.165) is 0 Å². The lowest BCUT2D eigenvalue weighted by Gasteiger charge is -2.35. The Kier molecular flexibility index (Phi) is 7.46. The van der Waals surface area contributed by atoms with E-state index in [1.165, 1.54) is 29.5 Å². The summed E-state index contributed by atoms with van der Waals surface area (Å²) in [6, 6.07) is 19.7. The number of fused-ring (bicyclic) bond motifs is 1. The van der Waals surface area contributed by atoms with Crippen LogP contribution < -0.4 is 0 Å². The predicted octanol–water partition coefficient (Wildman–Crippen LogP) is 4.15. The molecule has 0 radical (unpaired) electrons. The highest BCUT2D eigenvalue weighted by molar-refractivity contribution is 7.98. The van der Waals surface area contributed by atoms with E-state index in [2.05, 4.69) is 20.1 Å². The fourth-order valence-electron chi connectivity index (χ4n) is 4.70. The highest BCUT2D eigenvalue weighted by Crippen LogP contribution is 2.50. The standard InChI is InChI=1S/C27H24N6O6S/c1-26(31-32-28)22(38-25(35)18-11-7-4-8-12-18)20(15-37-24(34)17-9-5-3-6-10-17)39-27(26,36)21-14-13-19-23(40-2)29-16-30-33(19)21/h3-14,16,20,22,36H,15H2,1-2H3/t20-,22-,26-,27+/m1/s1. The monoisotopic (exact) mass is 560 g/mol. The summed E-state index contributed by atoms with van der Waals surface area (Å²) in [6.45, 7) is 0.985. The Morgan fingerprint density at radius 1 is 1.10 bits per heavy atom. The van der Waals surface area contributed by atoms with Crippen LogP contribution in [-0.2, 0) is 20.0 Å². The van der Waals surface area contributed by atoms with Crippen molar-refractivity contribution in [2.45, 2.75) is 35.5 Å². The maximum atomic E-state index is 13.2. The molecule has 12 nitrogen and oxygen atoms in total. The zero-order valence-electron chi connectivity index (χ0n) is 21.4. The molecule has 1 aliphatic heterocycles. The summed E-state index contributed by atoms with van der Waals surface area (Å²) in [5.74, 6) is -3.76. The molecule has 2 aromatic carbocycles. The third-order valence-corrected chi connectivity index (χ3v) is 7.44. The van der Waals surface area contributed by atoms with Crippen molar-refractivity contribution in [2.24, 2.45) is 5.11 Å². The summed E-state index contributed by atoms with van der Waals surface area (Å²) in [7, 11) is 0. The number of carbonyl (C=O) groups excluding carboxylic acids is 2. The van der Waals surface area contributed by atoms with Gasteiger partial charge in [-0.2, -0.15) is 5.10 Å². The molecule has 1 fully saturated rings. The van der Waals surface area contributed by atoms with Crippen LogP contribution in [-0.4, -0.2) is 62.3 Å². The molecule has 0 bridgehead atoms. The van der Waals surface area contributed by atoms with Crippen molar-refractivity contribution in [3.8, 4) is 0 Å². The molecule has 0 amide bonds. The molecule has 1 saturated heterocycles. The predicted molar refractivity (Wildman–Crippen MR) is 143 cm³/mol. The first-order valence-electron chi connectivity index (χ1n) is 12.1. The van der Waals surface area contributed by atoms with E-state index in [0.29, 0.717) is 16.1 Å². The van der Waals surface area contributed by atoms with Gasteiger partial charge in [0, 0.05) is 4.91 Å². The summed E-state index contributed by atoms with van der Waals surface area (Å²) < 4.78 is 18.9. The van der Waals surface area contributed by atoms with Crippen LogP contribution in [0.4, 0.5) is 0 Å². The van der Waals surface area contributed by atoms with Gasteiger partial charge in [-0.25, -0.2) is 19.1 Å². The van der Waals surface area contributed by atoms with Crippen molar-refractivity contribution in [3.05, 3.63) is 106 Å². The van der Waals surface area contributed by atoms with Gasteiger partial charge in [-0.15, -0.1) is 11.8 Å². The van der Waals surface area contributed by atoms with Crippen LogP contribution >= 0.6 is 11.8 Å². The topological polar surface area (TPSA) is 161 Å². The Bertz CT molecular complexity index is 1600. The van der Waals surface area contributed by atoms with Crippen LogP contribution in [0.2, 0.25) is 0 Å². The van der Waals surface area contributed by atoms with Crippen LogP contribution in [0.15, 0.2) is 89.3 Å². The first-order chi connectivity index (χ1) is 19.3. The van der Waals surface area contributed by atoms with Crippen LogP contribution in [0.1, 0.15) is 33.3 Å². The molecule has 204 valence electrons. The van der Waals surface area contributed by atoms with E-state index in [9.17, 15) is 20.2 Å². The number of aliphatic hydroxyl groups is 1. The van der Waals surface area contributed by atoms with Gasteiger partial charge in [0.1, 0.15) is 41.4 Å². The summed E-state index contributed by atoms with van der Waals surface area (Å²) in [5, 5.41) is 21.0. The highest BCUT2D eigenvalue weighted by atomic mass is 32.2. The molecular formula is C27H24N6O6S. The molecule has 40 heavy (non-hydrogen) atoms. The van der Waals surface area contributed by atoms with E-state index >= 15 is 0 Å². The SMILES string of the molecule is CSc1ncnn2c([C@]3(O)O[C@H](COC(=O)c4ccccc4)[C@@H](OC(=O)c4ccccc4)[C@@]3(C)N=[N+]=[N-])ccc12. The normalized spacial score (nSPS) is 23.9. The molecule has 5 rings (SSSR count). The Hall–Kier alpha value is -4.42. The quantitative estimate of drug-likeness (QED) is 0.110. The van der Waals surface area contributed by atoms with Crippen molar-refractivity contribution in [1.82, 2.24) is 14.6 Å². The van der Waals surface area contributed by atoms with Gasteiger partial charge in [-0.3, -0.25) is 0 Å². The van der Waals surface area contributed by atoms with Gasteiger partial charge in [0.15, 0.2) is 0 Å². The average Bonchev–Trinajstić information content (AvgIpc) is 3.51. The summed E-state index contributed by atoms with van der Waals surface area (Å²) in [5.41, 5.74) is 8.85. The average molecular weight is 561 g/mol. The van der Waals surface area contributed by atoms with E-state index < -0.39 is 42.1 Å². The molecule has 0 unspecified atom stereocenters. The lowest BCUT2D eigenvalue weighted by Crippen LogP contribution is -2.52. The molecule has 0 saturated carbocycles. The minimum Gasteiger partial charge on any atom is -0.459 e. The summed E-state index contributed by atoms with van der Waals surface area (Å²) in [4.78, 5) is 33.1. The van der Waals surface area contributed by atoms with Gasteiger partial charge in [-0.05, 0) is 55.1 Å². The molecule has 0 spiro atoms. The number of azide groups is 1. The molecule has 0 aliphatic carbocycles. The molecule has 3 heterocycles. The second-order valence-corrected chi connectivity index (χ2v) is 9.87. The van der Waals surface area contributed by atoms with Gasteiger partial charge in [0.25, 0.3) is 0 Å². The van der Waals surface area contributed by atoms with Crippen molar-refractivity contribution in [2.75, 3.05) is 12.9 Å². The molecule has 1 aliphatic rings. The van der Waals surface area contributed by atoms with Gasteiger partial charge >= 0.3 is 11.9 Å². The van der Waals surface area contributed by atoms with Gasteiger partial charge in [0.05, 0.1) is 16.6 Å². The number of hydrogen-bond donors (Lipinski definition) is 1. The number of nitrogens with zero attached hydrogens (tertiary/aromatic N) is 6. The molecule has 4 atom stereocenters. The Morgan fingerprint density at radius 3 is 2.38 bits per heavy atom. The molecular weight excluding hydrogens is 536 g/mol. The van der Waals surface area contributed by atoms with Crippen molar-refractivity contribution >= 4 is 29.2 Å². The van der Waals surface area contributed by atoms with E-state index in [-0.39, 0.29) is 11.3 Å². The Balaban J connectivity index is 1.57. The number of benzene rings is 2. The molecule has 4 aromatic rings. The van der Waals surface area contributed by atoms with Gasteiger partial charge < -0.3 is 19.3 Å². The van der Waals surface area contributed by atoms with Gasteiger partial charge in [0.2, 0.25) is 5.79 Å². The van der Waals surface area contributed by atoms with Crippen molar-refractivity contribution in [3.63, 3.8) is 0 Å². The van der Waals surface area contributed by atoms with E-state index in [1.807, 2.05) is 6.26 Å². The minimum atomic E-state index is -2.36. The molecule has 2 aromatic heterocycles. The second kappa shape index (κ2) is 11.0. The first kappa shape index (κ1) is 27.2. The van der Waals surface area contributed by atoms with Crippen LogP contribution in [0, 0.1) is 0 Å². The number of hydrogen-bond acceptors (Lipinski definition) is 10. The number of thioether (sulfide) groups is 1. The Labute approximate surface area is 232 Å². The van der Waals surface area contributed by atoms with Gasteiger partial charge in [-0.1, -0.05) is 41.5 Å². The van der Waals surface area contributed by atoms with Crippen molar-refractivity contribution < 1.29 is 28.9 Å². The number of ether oxygens (including phenoxy) is 3. The van der Waals surface area contributed by atoms with E-state index in [4.69, 9.17) is 14.2 Å². The zero-order chi connectivity index (χ0) is 28.3. The minimum absolute atomic E-state index is 0.104. The van der Waals surface area contributed by atoms with Crippen LogP contribution in [0.3, 0.4) is 0 Å². The fraction of sp³-hybridized carbons (Fsp3) is 0.259. The fourth-order valence-corrected chi connectivity index (χ4v) is 5.22. The largest absolute Gasteiger partial charge is 0.459 e. The lowest BCUT2D eigenvalue weighted by molar-refractivity contribution is -0.231. The maximum Gasteiger partial charge on any atom is 0.338 e. The third-order valence-electron chi connectivity index (χ3n) is 6.74. The number of carbonyl (C=O) groups is 2. The zero-order valence-corrected chi connectivity index (χ0v) is 22.3. The number of aromatic nitrogens is 3. The van der Waals surface area contributed by atoms with Crippen LogP contribution in [0.5, 0.6) is 0 Å². The molecule has 13 heteroatoms. The highest BCUT2D eigenvalue weighted by Gasteiger charge is 2.67. The van der Waals surface area contributed by atoms with Crippen molar-refractivity contribution in [1.29, 1.82) is 0 Å². The second-order valence-electron chi connectivity index (χ2n) is 9.08. The van der Waals surface area contributed by atoms with E-state index in [1.54, 1.807) is 72.8 Å². The Morgan fingerprint density at radius 2 is 1.75 bits per heavy atom. The number of rotatable bonds is 8. The number of esters is 2. The maximum absolute atomic E-state index is 13.2. The third kappa shape index (κ3) is 4.65. The molecule has 1 N–H and O–H groups in total. The van der Waals surface area contributed by atoms with Crippen LogP contribution in [0.25, 0.3) is 16.0 Å². The summed E-state index contributed by atoms with van der Waals surface area (Å²) in [6.07, 6.45) is 0.554.